The summed E-state index contributed by atoms with van der Waals surface area (Å²) >= 11 is 2.70. The Morgan fingerprint density at radius 1 is 0.896 bits per heavy atom. The zero-order chi connectivity index (χ0) is 33.9. The first-order chi connectivity index (χ1) is 23.3. The quantitative estimate of drug-likeness (QED) is 0.0861. The third-order valence-corrected chi connectivity index (χ3v) is 8.75. The van der Waals surface area contributed by atoms with Crippen LogP contribution < -0.4 is 25.4 Å². The number of methoxy groups -OCH3 is 1. The first-order valence-electron chi connectivity index (χ1n) is 15.1. The van der Waals surface area contributed by atoms with E-state index < -0.39 is 17.1 Å². The Morgan fingerprint density at radius 2 is 1.67 bits per heavy atom. The number of thioether (sulfide) groups is 1. The van der Waals surface area contributed by atoms with Crippen molar-refractivity contribution in [1.29, 1.82) is 0 Å². The lowest BCUT2D eigenvalue weighted by atomic mass is 10.1. The highest BCUT2D eigenvalue weighted by atomic mass is 32.2. The molecule has 9 nitrogen and oxygen atoms in total. The second kappa shape index (κ2) is 16.4. The number of amides is 3. The van der Waals surface area contributed by atoms with Gasteiger partial charge in [-0.3, -0.25) is 14.4 Å². The Labute approximate surface area is 287 Å². The average molecular weight is 679 g/mol. The number of rotatable bonds is 13. The molecule has 4 aromatic carbocycles. The molecule has 0 aliphatic carbocycles. The molecule has 3 amide bonds. The third kappa shape index (κ3) is 9.34. The maximum Gasteiger partial charge on any atom is 0.272 e. The number of ether oxygens (including phenoxy) is 2. The van der Waals surface area contributed by atoms with Gasteiger partial charge in [-0.05, 0) is 92.2 Å². The monoisotopic (exact) mass is 678 g/mol. The minimum Gasteiger partial charge on any atom is -0.497 e. The number of hydrogen-bond acceptors (Lipinski definition) is 8. The molecular formula is C37H34N4O5S2. The van der Waals surface area contributed by atoms with Crippen molar-refractivity contribution < 1.29 is 23.9 Å². The third-order valence-electron chi connectivity index (χ3n) is 6.90. The van der Waals surface area contributed by atoms with Crippen LogP contribution in [0.15, 0.2) is 119 Å². The minimum atomic E-state index is -0.512. The van der Waals surface area contributed by atoms with Crippen LogP contribution in [-0.4, -0.2) is 41.7 Å². The number of hydrogen-bond donors (Lipinski definition) is 3. The van der Waals surface area contributed by atoms with Gasteiger partial charge in [0.25, 0.3) is 11.8 Å². The van der Waals surface area contributed by atoms with E-state index in [-0.39, 0.29) is 11.6 Å². The summed E-state index contributed by atoms with van der Waals surface area (Å²) in [6.07, 6.45) is 1.59. The molecule has 1 atom stereocenters. The number of carbonyl (C=O) groups is 3. The molecule has 0 saturated heterocycles. The van der Waals surface area contributed by atoms with Crippen molar-refractivity contribution >= 4 is 57.7 Å². The van der Waals surface area contributed by atoms with Gasteiger partial charge in [-0.25, -0.2) is 4.98 Å². The van der Waals surface area contributed by atoms with Crippen LogP contribution in [0.1, 0.15) is 29.8 Å². The van der Waals surface area contributed by atoms with Crippen LogP contribution in [0.5, 0.6) is 11.5 Å². The number of nitrogens with one attached hydrogen (secondary N) is 3. The van der Waals surface area contributed by atoms with Crippen LogP contribution in [-0.2, 0) is 9.59 Å². The summed E-state index contributed by atoms with van der Waals surface area (Å²) in [6, 6.07) is 30.7. The summed E-state index contributed by atoms with van der Waals surface area (Å²) in [6.45, 7) is 4.34. The Hall–Kier alpha value is -5.39. The first-order valence-corrected chi connectivity index (χ1v) is 16.9. The standard InChI is InChI=1S/C37H34N4O5S2/c1-4-46-29-18-16-26(17-19-29)33-23-47-37(40-33)41-34(42)24(2)48-31-15-9-13-28(22-31)38-36(44)32(21-25-10-8-14-30(20-25)45-3)39-35(43)27-11-6-5-7-12-27/h5-24H,4H2,1-3H3,(H,38,44)(H,39,43)(H,40,41,42)/b32-21-. The smallest absolute Gasteiger partial charge is 0.272 e. The molecule has 0 spiro atoms. The lowest BCUT2D eigenvalue weighted by Crippen LogP contribution is -2.30. The average Bonchev–Trinajstić information content (AvgIpc) is 3.57. The van der Waals surface area contributed by atoms with Gasteiger partial charge in [-0.2, -0.15) is 0 Å². The number of thiazole rings is 1. The lowest BCUT2D eigenvalue weighted by Gasteiger charge is -2.14. The van der Waals surface area contributed by atoms with E-state index in [2.05, 4.69) is 20.9 Å². The fourth-order valence-corrected chi connectivity index (χ4v) is 6.15. The molecule has 0 radical (unpaired) electrons. The Bertz CT molecular complexity index is 1910. The van der Waals surface area contributed by atoms with Crippen molar-refractivity contribution in [1.82, 2.24) is 10.3 Å². The summed E-state index contributed by atoms with van der Waals surface area (Å²) in [5.41, 5.74) is 3.33. The van der Waals surface area contributed by atoms with Gasteiger partial charge < -0.3 is 25.4 Å². The zero-order valence-corrected chi connectivity index (χ0v) is 28.2. The molecule has 0 aliphatic rings. The van der Waals surface area contributed by atoms with E-state index in [9.17, 15) is 14.4 Å². The molecule has 1 unspecified atom stereocenters. The summed E-state index contributed by atoms with van der Waals surface area (Å²) in [5, 5.41) is 10.5. The minimum absolute atomic E-state index is 0.0518. The van der Waals surface area contributed by atoms with Crippen molar-refractivity contribution in [3.05, 3.63) is 125 Å². The number of benzene rings is 4. The number of nitrogens with zero attached hydrogens (tertiary/aromatic N) is 1. The van der Waals surface area contributed by atoms with Gasteiger partial charge in [0, 0.05) is 27.1 Å². The van der Waals surface area contributed by atoms with E-state index >= 15 is 0 Å². The predicted octanol–water partition coefficient (Wildman–Crippen LogP) is 7.75. The van der Waals surface area contributed by atoms with E-state index in [1.54, 1.807) is 86.8 Å². The summed E-state index contributed by atoms with van der Waals surface area (Å²) < 4.78 is 10.8. The topological polar surface area (TPSA) is 119 Å². The van der Waals surface area contributed by atoms with Crippen LogP contribution in [0.3, 0.4) is 0 Å². The van der Waals surface area contributed by atoms with Crippen molar-refractivity contribution in [2.45, 2.75) is 24.0 Å². The van der Waals surface area contributed by atoms with Crippen molar-refractivity contribution in [2.75, 3.05) is 24.4 Å². The predicted molar refractivity (Wildman–Crippen MR) is 193 cm³/mol. The number of carbonyl (C=O) groups excluding carboxylic acids is 3. The molecule has 1 heterocycles. The fourth-order valence-electron chi connectivity index (χ4n) is 4.50. The van der Waals surface area contributed by atoms with Gasteiger partial charge in [-0.1, -0.05) is 36.4 Å². The second-order valence-electron chi connectivity index (χ2n) is 10.4. The highest BCUT2D eigenvalue weighted by Gasteiger charge is 2.19. The van der Waals surface area contributed by atoms with Crippen molar-refractivity contribution in [3.63, 3.8) is 0 Å². The SMILES string of the molecule is CCOc1ccc(-c2csc(NC(=O)C(C)Sc3cccc(NC(=O)/C(=C/c4cccc(OC)c4)NC(=O)c4ccccc4)c3)n2)cc1. The first kappa shape index (κ1) is 34.0. The molecular weight excluding hydrogens is 645 g/mol. The Kier molecular flexibility index (Phi) is 11.6. The van der Waals surface area contributed by atoms with Gasteiger partial charge in [-0.15, -0.1) is 23.1 Å². The number of anilines is 2. The molecule has 1 aromatic heterocycles. The van der Waals surface area contributed by atoms with E-state index in [0.29, 0.717) is 34.3 Å². The van der Waals surface area contributed by atoms with Gasteiger partial charge >= 0.3 is 0 Å². The largest absolute Gasteiger partial charge is 0.497 e. The lowest BCUT2D eigenvalue weighted by molar-refractivity contribution is -0.115. The van der Waals surface area contributed by atoms with Crippen LogP contribution >= 0.6 is 23.1 Å². The fraction of sp³-hybridized carbons (Fsp3) is 0.135. The van der Waals surface area contributed by atoms with Crippen LogP contribution in [0, 0.1) is 0 Å². The molecule has 5 rings (SSSR count). The molecule has 0 saturated carbocycles. The van der Waals surface area contributed by atoms with Crippen LogP contribution in [0.25, 0.3) is 17.3 Å². The summed E-state index contributed by atoms with van der Waals surface area (Å²) in [4.78, 5) is 44.9. The maximum absolute atomic E-state index is 13.5. The molecule has 11 heteroatoms. The van der Waals surface area contributed by atoms with Crippen molar-refractivity contribution in [3.8, 4) is 22.8 Å². The maximum atomic E-state index is 13.5. The van der Waals surface area contributed by atoms with E-state index in [0.717, 1.165) is 21.9 Å². The highest BCUT2D eigenvalue weighted by molar-refractivity contribution is 8.00. The summed E-state index contributed by atoms with van der Waals surface area (Å²) in [7, 11) is 1.56. The summed E-state index contributed by atoms with van der Waals surface area (Å²) in [5.74, 6) is 0.273. The number of aromatic nitrogens is 1. The van der Waals surface area contributed by atoms with Crippen molar-refractivity contribution in [2.24, 2.45) is 0 Å². The van der Waals surface area contributed by atoms with Crippen LogP contribution in [0.4, 0.5) is 10.8 Å². The highest BCUT2D eigenvalue weighted by Crippen LogP contribution is 2.29. The van der Waals surface area contributed by atoms with Gasteiger partial charge in [0.15, 0.2) is 5.13 Å². The van der Waals surface area contributed by atoms with Crippen LogP contribution in [0.2, 0.25) is 0 Å². The molecule has 0 bridgehead atoms. The Morgan fingerprint density at radius 3 is 2.42 bits per heavy atom. The van der Waals surface area contributed by atoms with Gasteiger partial charge in [0.05, 0.1) is 24.7 Å². The van der Waals surface area contributed by atoms with E-state index in [1.165, 1.54) is 23.1 Å². The van der Waals surface area contributed by atoms with Gasteiger partial charge in [0.2, 0.25) is 5.91 Å². The normalized spacial score (nSPS) is 11.7. The molecule has 5 aromatic rings. The molecule has 3 N–H and O–H groups in total. The Balaban J connectivity index is 1.24. The van der Waals surface area contributed by atoms with E-state index in [4.69, 9.17) is 9.47 Å². The molecule has 244 valence electrons. The van der Waals surface area contributed by atoms with E-state index in [1.807, 2.05) is 48.7 Å². The molecule has 48 heavy (non-hydrogen) atoms. The zero-order valence-electron chi connectivity index (χ0n) is 26.6. The second-order valence-corrected chi connectivity index (χ2v) is 12.7. The molecule has 0 fully saturated rings. The van der Waals surface area contributed by atoms with Gasteiger partial charge in [0.1, 0.15) is 17.2 Å². The molecule has 0 aliphatic heterocycles.